The summed E-state index contributed by atoms with van der Waals surface area (Å²) in [5.41, 5.74) is 3.31. The first-order chi connectivity index (χ1) is 5.29. The van der Waals surface area contributed by atoms with Gasteiger partial charge in [-0.25, -0.2) is 10.5 Å². The Morgan fingerprint density at radius 1 is 1.64 bits per heavy atom. The fourth-order valence-corrected chi connectivity index (χ4v) is 1.29. The van der Waals surface area contributed by atoms with Crippen molar-refractivity contribution in [3.05, 3.63) is 34.4 Å². The van der Waals surface area contributed by atoms with Crippen LogP contribution in [-0.2, 0) is 4.94 Å². The zero-order valence-corrected chi connectivity index (χ0v) is 7.00. The summed E-state index contributed by atoms with van der Waals surface area (Å²) in [5.74, 6) is 0.194. The predicted molar refractivity (Wildman–Crippen MR) is 41.9 cm³/mol. The van der Waals surface area contributed by atoms with E-state index in [2.05, 4.69) is 21.4 Å². The summed E-state index contributed by atoms with van der Waals surface area (Å²) in [6.07, 6.45) is 4.80. The Labute approximate surface area is 71.5 Å². The fourth-order valence-electron chi connectivity index (χ4n) is 0.865. The van der Waals surface area contributed by atoms with E-state index in [4.69, 9.17) is 4.94 Å². The molecule has 2 N–H and O–H groups in total. The number of nitrogens with zero attached hydrogens (tertiary/aromatic N) is 1. The molecule has 11 heavy (non-hydrogen) atoms. The molecule has 0 radical (unpaired) electrons. The maximum absolute atomic E-state index is 9.22. The first-order valence-electron chi connectivity index (χ1n) is 2.98. The van der Waals surface area contributed by atoms with Crippen LogP contribution in [0.3, 0.4) is 0 Å². The Kier molecular flexibility index (Phi) is 1.40. The van der Waals surface area contributed by atoms with Crippen LogP contribution in [0.1, 0.15) is 0 Å². The van der Waals surface area contributed by atoms with E-state index in [0.717, 1.165) is 5.70 Å². The van der Waals surface area contributed by atoms with Gasteiger partial charge in [0.15, 0.2) is 0 Å². The highest BCUT2D eigenvalue weighted by molar-refractivity contribution is 9.12. The van der Waals surface area contributed by atoms with E-state index < -0.39 is 0 Å². The highest BCUT2D eigenvalue weighted by atomic mass is 79.9. The van der Waals surface area contributed by atoms with Crippen LogP contribution in [0.25, 0.3) is 0 Å². The van der Waals surface area contributed by atoms with Gasteiger partial charge in [0.2, 0.25) is 0 Å². The molecule has 0 atom stereocenters. The molecule has 2 aliphatic rings. The molecule has 58 valence electrons. The minimum Gasteiger partial charge on any atom is -0.507 e. The molecule has 0 aromatic rings. The van der Waals surface area contributed by atoms with Crippen molar-refractivity contribution in [1.29, 1.82) is 0 Å². The Morgan fingerprint density at radius 2 is 2.45 bits per heavy atom. The highest BCUT2D eigenvalue weighted by Crippen LogP contribution is 2.30. The van der Waals surface area contributed by atoms with Crippen molar-refractivity contribution in [3.8, 4) is 0 Å². The van der Waals surface area contributed by atoms with Crippen LogP contribution in [-0.4, -0.2) is 10.2 Å². The van der Waals surface area contributed by atoms with Gasteiger partial charge in [-0.2, -0.15) is 4.94 Å². The Bertz CT molecular complexity index is 282. The number of aliphatic hydroxyl groups excluding tert-OH is 1. The Morgan fingerprint density at radius 3 is 3.27 bits per heavy atom. The van der Waals surface area contributed by atoms with Gasteiger partial charge in [0.05, 0.1) is 10.7 Å². The number of nitrogens with one attached hydrogen (secondary N) is 1. The summed E-state index contributed by atoms with van der Waals surface area (Å²) >= 11 is 3.21. The Balaban J connectivity index is 2.43. The van der Waals surface area contributed by atoms with Crippen molar-refractivity contribution in [3.63, 3.8) is 0 Å². The fraction of sp³-hybridized carbons (Fsp3) is 0. The molecule has 2 aliphatic heterocycles. The average molecular weight is 217 g/mol. The van der Waals surface area contributed by atoms with Crippen molar-refractivity contribution in [2.45, 2.75) is 0 Å². The first-order valence-corrected chi connectivity index (χ1v) is 3.77. The summed E-state index contributed by atoms with van der Waals surface area (Å²) in [4.78, 5) is 4.90. The van der Waals surface area contributed by atoms with Crippen molar-refractivity contribution in [2.24, 2.45) is 0 Å². The van der Waals surface area contributed by atoms with Gasteiger partial charge in [0.25, 0.3) is 0 Å². The summed E-state index contributed by atoms with van der Waals surface area (Å²) in [5, 5.41) is 10.7. The molecule has 0 aromatic carbocycles. The number of hydrogen-bond donors (Lipinski definition) is 2. The minimum atomic E-state index is 0.194. The topological polar surface area (TPSA) is 44.7 Å². The van der Waals surface area contributed by atoms with Crippen molar-refractivity contribution >= 4 is 15.9 Å². The quantitative estimate of drug-likeness (QED) is 0.641. The molecule has 0 saturated carbocycles. The number of halogens is 1. The van der Waals surface area contributed by atoms with Crippen LogP contribution in [0.4, 0.5) is 0 Å². The molecule has 0 unspecified atom stereocenters. The summed E-state index contributed by atoms with van der Waals surface area (Å²) in [6, 6.07) is 0. The first kappa shape index (κ1) is 6.75. The van der Waals surface area contributed by atoms with E-state index >= 15 is 0 Å². The maximum Gasteiger partial charge on any atom is 0.133 e. The van der Waals surface area contributed by atoms with Gasteiger partial charge in [-0.3, -0.25) is 0 Å². The second-order valence-corrected chi connectivity index (χ2v) is 2.87. The van der Waals surface area contributed by atoms with E-state index in [1.165, 1.54) is 11.1 Å². The number of fused-ring (bicyclic) bond motifs is 1. The largest absolute Gasteiger partial charge is 0.507 e. The summed E-state index contributed by atoms with van der Waals surface area (Å²) in [6.45, 7) is 0. The van der Waals surface area contributed by atoms with E-state index in [1.54, 1.807) is 12.4 Å². The van der Waals surface area contributed by atoms with Gasteiger partial charge in [-0.1, -0.05) is 0 Å². The molecule has 2 heterocycles. The molecular formula is C6H5BrN2O2. The molecule has 0 fully saturated rings. The van der Waals surface area contributed by atoms with Crippen LogP contribution in [0.15, 0.2) is 34.4 Å². The third-order valence-corrected chi connectivity index (χ3v) is 2.21. The average Bonchev–Trinajstić information content (AvgIpc) is 2.45. The van der Waals surface area contributed by atoms with Crippen LogP contribution < -0.4 is 5.48 Å². The van der Waals surface area contributed by atoms with Gasteiger partial charge in [0.1, 0.15) is 11.5 Å². The van der Waals surface area contributed by atoms with Crippen LogP contribution in [0.5, 0.6) is 0 Å². The van der Waals surface area contributed by atoms with Gasteiger partial charge in [0, 0.05) is 6.20 Å². The number of hydrogen-bond acceptors (Lipinski definition) is 4. The second kappa shape index (κ2) is 2.28. The Hall–Kier alpha value is -0.940. The second-order valence-electron chi connectivity index (χ2n) is 2.08. The number of rotatable bonds is 0. The molecule has 2 rings (SSSR count). The van der Waals surface area contributed by atoms with E-state index in [-0.39, 0.29) is 5.76 Å². The lowest BCUT2D eigenvalue weighted by molar-refractivity contribution is -0.113. The molecule has 0 saturated heterocycles. The molecule has 0 aliphatic carbocycles. The molecule has 0 spiro atoms. The standard InChI is InChI=1S/C6H5BrN2O2/c7-6-4-3-8-11-9(4)2-1-5(6)10/h1-3,8,10H. The summed E-state index contributed by atoms with van der Waals surface area (Å²) < 4.78 is 0.616. The smallest absolute Gasteiger partial charge is 0.133 e. The van der Waals surface area contributed by atoms with Gasteiger partial charge < -0.3 is 5.11 Å². The predicted octanol–water partition coefficient (Wildman–Crippen LogP) is 1.27. The molecule has 0 aromatic heterocycles. The van der Waals surface area contributed by atoms with Crippen LogP contribution >= 0.6 is 15.9 Å². The van der Waals surface area contributed by atoms with Gasteiger partial charge >= 0.3 is 0 Å². The van der Waals surface area contributed by atoms with E-state index in [9.17, 15) is 5.11 Å². The SMILES string of the molecule is OC1=C(Br)C2=CNON2C=C1. The van der Waals surface area contributed by atoms with Gasteiger partial charge in [-0.05, 0) is 22.0 Å². The minimum absolute atomic E-state index is 0.194. The third-order valence-electron chi connectivity index (χ3n) is 1.40. The zero-order valence-electron chi connectivity index (χ0n) is 5.41. The molecule has 5 heteroatoms. The lowest BCUT2D eigenvalue weighted by Crippen LogP contribution is -2.17. The number of aliphatic hydroxyl groups is 1. The van der Waals surface area contributed by atoms with Crippen molar-refractivity contribution in [2.75, 3.05) is 0 Å². The van der Waals surface area contributed by atoms with Crippen molar-refractivity contribution < 1.29 is 10.0 Å². The molecule has 4 nitrogen and oxygen atoms in total. The van der Waals surface area contributed by atoms with E-state index in [1.807, 2.05) is 0 Å². The van der Waals surface area contributed by atoms with Crippen molar-refractivity contribution in [1.82, 2.24) is 10.5 Å². The van der Waals surface area contributed by atoms with Crippen LogP contribution in [0.2, 0.25) is 0 Å². The normalized spacial score (nSPS) is 21.5. The lowest BCUT2D eigenvalue weighted by atomic mass is 10.3. The monoisotopic (exact) mass is 216 g/mol. The molecular weight excluding hydrogens is 212 g/mol. The third kappa shape index (κ3) is 0.928. The molecule has 0 bridgehead atoms. The number of hydroxylamine groups is 3. The molecule has 0 amide bonds. The van der Waals surface area contributed by atoms with Crippen LogP contribution in [0, 0.1) is 0 Å². The van der Waals surface area contributed by atoms with E-state index in [0.29, 0.717) is 4.48 Å². The van der Waals surface area contributed by atoms with Gasteiger partial charge in [-0.15, -0.1) is 0 Å². The highest BCUT2D eigenvalue weighted by Gasteiger charge is 2.22. The summed E-state index contributed by atoms with van der Waals surface area (Å²) in [7, 11) is 0. The maximum atomic E-state index is 9.22. The zero-order chi connectivity index (χ0) is 7.84. The lowest BCUT2D eigenvalue weighted by Gasteiger charge is -2.17. The number of allylic oxidation sites excluding steroid dienone is 2.